The first-order valence-electron chi connectivity index (χ1n) is 7.43. The molecule has 1 aliphatic carbocycles. The van der Waals surface area contributed by atoms with E-state index in [1.54, 1.807) is 0 Å². The molecule has 0 bridgehead atoms. The van der Waals surface area contributed by atoms with Gasteiger partial charge in [0.1, 0.15) is 6.29 Å². The molecule has 0 aromatic rings. The Hall–Kier alpha value is -0.370. The Morgan fingerprint density at radius 3 is 2.47 bits per heavy atom. The summed E-state index contributed by atoms with van der Waals surface area (Å²) in [4.78, 5) is 14.1. The van der Waals surface area contributed by atoms with E-state index in [0.29, 0.717) is 0 Å². The smallest absolute Gasteiger partial charge is 0.127 e. The Labute approximate surface area is 106 Å². The van der Waals surface area contributed by atoms with Gasteiger partial charge in [-0.15, -0.1) is 0 Å². The molecule has 2 fully saturated rings. The first-order chi connectivity index (χ1) is 8.24. The second kappa shape index (κ2) is 5.99. The van der Waals surface area contributed by atoms with Crippen molar-refractivity contribution < 1.29 is 4.79 Å². The van der Waals surface area contributed by atoms with E-state index in [9.17, 15) is 4.79 Å². The fourth-order valence-electron chi connectivity index (χ4n) is 3.62. The Morgan fingerprint density at radius 2 is 1.88 bits per heavy atom. The molecule has 1 heterocycles. The SMILES string of the molecule is CC1CCCN(CC2(C=O)CCCCCC2)C1. The number of carbonyl (C=O) groups excluding carboxylic acids is 1. The lowest BCUT2D eigenvalue weighted by atomic mass is 9.80. The fraction of sp³-hybridized carbons (Fsp3) is 0.933. The van der Waals surface area contributed by atoms with Crippen molar-refractivity contribution in [2.45, 2.75) is 58.3 Å². The number of likely N-dealkylation sites (tertiary alicyclic amines) is 1. The standard InChI is InChI=1S/C15H27NO/c1-14-7-6-10-16(11-14)12-15(13-17)8-4-2-3-5-9-15/h13-14H,2-12H2,1H3. The second-order valence-corrected chi connectivity index (χ2v) is 6.38. The van der Waals surface area contributed by atoms with Crippen LogP contribution >= 0.6 is 0 Å². The van der Waals surface area contributed by atoms with Gasteiger partial charge in [-0.05, 0) is 38.1 Å². The molecule has 1 aliphatic heterocycles. The van der Waals surface area contributed by atoms with Crippen LogP contribution in [-0.4, -0.2) is 30.8 Å². The molecular weight excluding hydrogens is 210 g/mol. The zero-order valence-corrected chi connectivity index (χ0v) is 11.3. The molecule has 1 atom stereocenters. The minimum Gasteiger partial charge on any atom is -0.303 e. The summed E-state index contributed by atoms with van der Waals surface area (Å²) in [5, 5.41) is 0. The lowest BCUT2D eigenvalue weighted by Crippen LogP contribution is -2.43. The van der Waals surface area contributed by atoms with Crippen LogP contribution < -0.4 is 0 Å². The summed E-state index contributed by atoms with van der Waals surface area (Å²) < 4.78 is 0. The topological polar surface area (TPSA) is 20.3 Å². The van der Waals surface area contributed by atoms with Crippen molar-refractivity contribution in [3.63, 3.8) is 0 Å². The molecule has 2 nitrogen and oxygen atoms in total. The molecule has 1 unspecified atom stereocenters. The van der Waals surface area contributed by atoms with Crippen LogP contribution in [0, 0.1) is 11.3 Å². The highest BCUT2D eigenvalue weighted by atomic mass is 16.1. The molecule has 1 saturated heterocycles. The Balaban J connectivity index is 1.94. The molecule has 0 aromatic heterocycles. The number of aldehydes is 1. The Bertz CT molecular complexity index is 243. The van der Waals surface area contributed by atoms with Gasteiger partial charge in [0.05, 0.1) is 0 Å². The molecule has 2 heteroatoms. The minimum atomic E-state index is -0.00639. The number of rotatable bonds is 3. The van der Waals surface area contributed by atoms with Crippen molar-refractivity contribution >= 4 is 6.29 Å². The summed E-state index contributed by atoms with van der Waals surface area (Å²) in [6.45, 7) is 5.78. The number of nitrogens with zero attached hydrogens (tertiary/aromatic N) is 1. The monoisotopic (exact) mass is 237 g/mol. The van der Waals surface area contributed by atoms with Crippen LogP contribution in [0.2, 0.25) is 0 Å². The van der Waals surface area contributed by atoms with Crippen LogP contribution in [0.5, 0.6) is 0 Å². The Kier molecular flexibility index (Phi) is 4.61. The van der Waals surface area contributed by atoms with Gasteiger partial charge in [0.15, 0.2) is 0 Å². The predicted molar refractivity (Wildman–Crippen MR) is 71.0 cm³/mol. The van der Waals surface area contributed by atoms with Gasteiger partial charge in [-0.25, -0.2) is 0 Å². The molecule has 98 valence electrons. The van der Waals surface area contributed by atoms with Crippen LogP contribution in [0.1, 0.15) is 58.3 Å². The van der Waals surface area contributed by atoms with Gasteiger partial charge in [-0.2, -0.15) is 0 Å². The Morgan fingerprint density at radius 1 is 1.18 bits per heavy atom. The normalized spacial score (nSPS) is 30.8. The zero-order valence-electron chi connectivity index (χ0n) is 11.3. The summed E-state index contributed by atoms with van der Waals surface area (Å²) in [6, 6.07) is 0. The van der Waals surface area contributed by atoms with Crippen LogP contribution in [0.25, 0.3) is 0 Å². The first-order valence-corrected chi connectivity index (χ1v) is 7.43. The largest absolute Gasteiger partial charge is 0.303 e. The van der Waals surface area contributed by atoms with Gasteiger partial charge >= 0.3 is 0 Å². The molecule has 0 spiro atoms. The van der Waals surface area contributed by atoms with Crippen LogP contribution in [0.3, 0.4) is 0 Å². The first kappa shape index (κ1) is 13.1. The molecule has 17 heavy (non-hydrogen) atoms. The van der Waals surface area contributed by atoms with Crippen molar-refractivity contribution in [3.05, 3.63) is 0 Å². The van der Waals surface area contributed by atoms with E-state index >= 15 is 0 Å². The average Bonchev–Trinajstić information content (AvgIpc) is 2.55. The number of hydrogen-bond donors (Lipinski definition) is 0. The van der Waals surface area contributed by atoms with E-state index in [1.165, 1.54) is 57.9 Å². The van der Waals surface area contributed by atoms with E-state index in [-0.39, 0.29) is 5.41 Å². The highest BCUT2D eigenvalue weighted by molar-refractivity contribution is 5.59. The van der Waals surface area contributed by atoms with Crippen LogP contribution in [0.15, 0.2) is 0 Å². The predicted octanol–water partition coefficient (Wildman–Crippen LogP) is 3.26. The summed E-state index contributed by atoms with van der Waals surface area (Å²) in [5.41, 5.74) is -0.00639. The molecular formula is C15H27NO. The maximum absolute atomic E-state index is 11.6. The van der Waals surface area contributed by atoms with E-state index in [4.69, 9.17) is 0 Å². The highest BCUT2D eigenvalue weighted by Crippen LogP contribution is 2.35. The summed E-state index contributed by atoms with van der Waals surface area (Å²) in [5.74, 6) is 0.818. The van der Waals surface area contributed by atoms with Crippen molar-refractivity contribution in [1.29, 1.82) is 0 Å². The zero-order chi connectivity index (χ0) is 12.1. The molecule has 2 rings (SSSR count). The molecule has 0 amide bonds. The second-order valence-electron chi connectivity index (χ2n) is 6.38. The number of hydrogen-bond acceptors (Lipinski definition) is 2. The third-order valence-corrected chi connectivity index (χ3v) is 4.63. The quantitative estimate of drug-likeness (QED) is 0.555. The molecule has 2 aliphatic rings. The van der Waals surface area contributed by atoms with Crippen molar-refractivity contribution in [2.24, 2.45) is 11.3 Å². The van der Waals surface area contributed by atoms with Gasteiger partial charge in [-0.3, -0.25) is 0 Å². The van der Waals surface area contributed by atoms with Crippen molar-refractivity contribution in [2.75, 3.05) is 19.6 Å². The maximum Gasteiger partial charge on any atom is 0.127 e. The highest BCUT2D eigenvalue weighted by Gasteiger charge is 2.33. The van der Waals surface area contributed by atoms with E-state index in [0.717, 1.165) is 25.3 Å². The van der Waals surface area contributed by atoms with E-state index in [2.05, 4.69) is 11.8 Å². The number of carbonyl (C=O) groups is 1. The maximum atomic E-state index is 11.6. The summed E-state index contributed by atoms with van der Waals surface area (Å²) in [7, 11) is 0. The van der Waals surface area contributed by atoms with Crippen molar-refractivity contribution in [1.82, 2.24) is 4.90 Å². The summed E-state index contributed by atoms with van der Waals surface area (Å²) in [6.07, 6.45) is 11.4. The molecule has 0 N–H and O–H groups in total. The van der Waals surface area contributed by atoms with Crippen molar-refractivity contribution in [3.8, 4) is 0 Å². The third-order valence-electron chi connectivity index (χ3n) is 4.63. The van der Waals surface area contributed by atoms with Crippen LogP contribution in [-0.2, 0) is 4.79 Å². The fourth-order valence-corrected chi connectivity index (χ4v) is 3.62. The van der Waals surface area contributed by atoms with Gasteiger partial charge in [0.25, 0.3) is 0 Å². The minimum absolute atomic E-state index is 0.00639. The van der Waals surface area contributed by atoms with Crippen LogP contribution in [0.4, 0.5) is 0 Å². The van der Waals surface area contributed by atoms with Gasteiger partial charge in [0, 0.05) is 18.5 Å². The van der Waals surface area contributed by atoms with E-state index < -0.39 is 0 Å². The average molecular weight is 237 g/mol. The van der Waals surface area contributed by atoms with E-state index in [1.807, 2.05) is 0 Å². The lowest BCUT2D eigenvalue weighted by Gasteiger charge is -2.37. The van der Waals surface area contributed by atoms with Gasteiger partial charge in [0.2, 0.25) is 0 Å². The molecule has 1 saturated carbocycles. The van der Waals surface area contributed by atoms with Gasteiger partial charge in [-0.1, -0.05) is 32.6 Å². The third kappa shape index (κ3) is 3.54. The number of piperidine rings is 1. The molecule has 0 radical (unpaired) electrons. The summed E-state index contributed by atoms with van der Waals surface area (Å²) >= 11 is 0. The molecule has 0 aromatic carbocycles. The van der Waals surface area contributed by atoms with Gasteiger partial charge < -0.3 is 9.69 Å². The lowest BCUT2D eigenvalue weighted by molar-refractivity contribution is -0.118.